The second-order valence-electron chi connectivity index (χ2n) is 7.75. The molecule has 1 N–H and O–H groups in total. The lowest BCUT2D eigenvalue weighted by atomic mass is 9.81. The zero-order valence-corrected chi connectivity index (χ0v) is 16.4. The fourth-order valence-electron chi connectivity index (χ4n) is 3.18. The summed E-state index contributed by atoms with van der Waals surface area (Å²) in [4.78, 5) is 11.3. The molecule has 2 saturated heterocycles. The molecule has 3 rings (SSSR count). The van der Waals surface area contributed by atoms with E-state index in [2.05, 4.69) is 14.9 Å². The molecule has 0 saturated carbocycles. The normalized spacial score (nSPS) is 25.6. The summed E-state index contributed by atoms with van der Waals surface area (Å²) in [6.07, 6.45) is 5.99. The van der Waals surface area contributed by atoms with Gasteiger partial charge in [0.15, 0.2) is 5.16 Å². The molecule has 0 radical (unpaired) electrons. The van der Waals surface area contributed by atoms with Gasteiger partial charge in [-0.3, -0.25) is 4.90 Å². The van der Waals surface area contributed by atoms with Crippen LogP contribution in [-0.2, 0) is 9.31 Å². The highest BCUT2D eigenvalue weighted by Crippen LogP contribution is 2.36. The predicted molar refractivity (Wildman–Crippen MR) is 100 cm³/mol. The van der Waals surface area contributed by atoms with Crippen molar-refractivity contribution in [2.45, 2.75) is 62.9 Å². The summed E-state index contributed by atoms with van der Waals surface area (Å²) in [5.74, 6) is 0.954. The first kappa shape index (κ1) is 19.1. The molecule has 2 aliphatic heterocycles. The third-order valence-electron chi connectivity index (χ3n) is 5.46. The minimum atomic E-state index is -0.418. The number of thioether (sulfide) groups is 1. The second kappa shape index (κ2) is 7.52. The quantitative estimate of drug-likeness (QED) is 0.463. The molecule has 1 atom stereocenters. The van der Waals surface area contributed by atoms with Gasteiger partial charge in [-0.2, -0.15) is 0 Å². The van der Waals surface area contributed by atoms with Gasteiger partial charge in [-0.1, -0.05) is 11.8 Å². The van der Waals surface area contributed by atoms with E-state index in [9.17, 15) is 0 Å². The largest absolute Gasteiger partial charge is 0.498 e. The van der Waals surface area contributed by atoms with Crippen LogP contribution < -0.4 is 5.46 Å². The van der Waals surface area contributed by atoms with Crippen LogP contribution in [0.5, 0.6) is 0 Å². The Bertz CT molecular complexity index is 569. The van der Waals surface area contributed by atoms with Gasteiger partial charge in [0.2, 0.25) is 0 Å². The number of rotatable bonds is 6. The Balaban J connectivity index is 1.56. The van der Waals surface area contributed by atoms with E-state index < -0.39 is 7.12 Å². The number of hydrogen-bond acceptors (Lipinski definition) is 7. The zero-order valence-electron chi connectivity index (χ0n) is 15.6. The van der Waals surface area contributed by atoms with Crippen LogP contribution in [0.4, 0.5) is 0 Å². The van der Waals surface area contributed by atoms with Gasteiger partial charge >= 0.3 is 7.12 Å². The molecule has 25 heavy (non-hydrogen) atoms. The molecule has 8 heteroatoms. The summed E-state index contributed by atoms with van der Waals surface area (Å²) in [5.41, 5.74) is 0.138. The van der Waals surface area contributed by atoms with Crippen LogP contribution in [0.15, 0.2) is 17.6 Å². The second-order valence-corrected chi connectivity index (χ2v) is 8.74. The van der Waals surface area contributed by atoms with Crippen molar-refractivity contribution in [1.82, 2.24) is 14.9 Å². The smallest absolute Gasteiger partial charge is 0.399 e. The van der Waals surface area contributed by atoms with Gasteiger partial charge in [-0.25, -0.2) is 9.97 Å². The third-order valence-corrected chi connectivity index (χ3v) is 6.49. The lowest BCUT2D eigenvalue weighted by Gasteiger charge is -2.32. The Morgan fingerprint density at radius 3 is 2.48 bits per heavy atom. The average molecular weight is 365 g/mol. The maximum absolute atomic E-state index is 9.14. The van der Waals surface area contributed by atoms with E-state index in [-0.39, 0.29) is 17.8 Å². The molecule has 138 valence electrons. The Morgan fingerprint density at radius 2 is 1.88 bits per heavy atom. The maximum atomic E-state index is 9.14. The van der Waals surface area contributed by atoms with E-state index in [1.807, 2.05) is 27.7 Å². The minimum absolute atomic E-state index is 0.223. The van der Waals surface area contributed by atoms with Crippen molar-refractivity contribution in [1.29, 1.82) is 0 Å². The van der Waals surface area contributed by atoms with Crippen LogP contribution in [0.25, 0.3) is 0 Å². The topological polar surface area (TPSA) is 67.7 Å². The van der Waals surface area contributed by atoms with E-state index >= 15 is 0 Å². The number of aromatic nitrogens is 2. The van der Waals surface area contributed by atoms with Crippen LogP contribution in [-0.4, -0.2) is 69.8 Å². The first-order chi connectivity index (χ1) is 11.8. The maximum Gasteiger partial charge on any atom is 0.498 e. The Kier molecular flexibility index (Phi) is 5.75. The molecule has 0 amide bonds. The zero-order chi connectivity index (χ0) is 18.1. The van der Waals surface area contributed by atoms with Crippen molar-refractivity contribution in [2.75, 3.05) is 25.4 Å². The molecule has 0 bridgehead atoms. The summed E-state index contributed by atoms with van der Waals surface area (Å²) in [5, 5.41) is 9.92. The highest BCUT2D eigenvalue weighted by molar-refractivity contribution is 7.99. The number of hydrogen-bond donors (Lipinski definition) is 1. The molecular formula is C17H28BN3O3S. The van der Waals surface area contributed by atoms with Crippen LogP contribution in [0, 0.1) is 0 Å². The fraction of sp³-hybridized carbons (Fsp3) is 0.765. The standard InChI is InChI=1S/C17H28BN3O3S/c1-16(2)17(3,4)24-18(23-16)13-10-19-15(20-11-13)25-12-14-6-5-7-21(14)8-9-22/h10-11,14,22H,5-9,12H2,1-4H3/t14-/m0/s1. The third kappa shape index (κ3) is 4.19. The van der Waals surface area contributed by atoms with Crippen LogP contribution in [0.1, 0.15) is 40.5 Å². The number of likely N-dealkylation sites (tertiary alicyclic amines) is 1. The first-order valence-electron chi connectivity index (χ1n) is 8.98. The molecule has 1 aromatic rings. The number of nitrogens with zero attached hydrogens (tertiary/aromatic N) is 3. The molecule has 0 spiro atoms. The van der Waals surface area contributed by atoms with Gasteiger partial charge in [0, 0.05) is 36.2 Å². The molecule has 2 fully saturated rings. The highest BCUT2D eigenvalue weighted by Gasteiger charge is 2.51. The SMILES string of the molecule is CC1(C)OB(c2cnc(SC[C@@H]3CCCN3CCO)nc2)OC1(C)C. The van der Waals surface area contributed by atoms with Crippen LogP contribution in [0.2, 0.25) is 0 Å². The Labute approximate surface area is 154 Å². The molecule has 2 aliphatic rings. The molecule has 6 nitrogen and oxygen atoms in total. The Hall–Kier alpha value is -0.665. The van der Waals surface area contributed by atoms with Crippen LogP contribution in [0.3, 0.4) is 0 Å². The summed E-state index contributed by atoms with van der Waals surface area (Å²) < 4.78 is 12.1. The summed E-state index contributed by atoms with van der Waals surface area (Å²) in [6, 6.07) is 0.503. The predicted octanol–water partition coefficient (Wildman–Crippen LogP) is 1.32. The molecule has 0 aliphatic carbocycles. The summed E-state index contributed by atoms with van der Waals surface area (Å²) in [7, 11) is -0.418. The van der Waals surface area contributed by atoms with E-state index in [0.29, 0.717) is 6.04 Å². The Morgan fingerprint density at radius 1 is 1.24 bits per heavy atom. The van der Waals surface area contributed by atoms with Gasteiger partial charge in [-0.15, -0.1) is 0 Å². The molecule has 1 aromatic heterocycles. The van der Waals surface area contributed by atoms with Crippen molar-refractivity contribution >= 4 is 24.3 Å². The lowest BCUT2D eigenvalue weighted by Crippen LogP contribution is -2.41. The van der Waals surface area contributed by atoms with Crippen molar-refractivity contribution < 1.29 is 14.4 Å². The van der Waals surface area contributed by atoms with Crippen molar-refractivity contribution in [3.05, 3.63) is 12.4 Å². The van der Waals surface area contributed by atoms with Gasteiger partial charge in [0.25, 0.3) is 0 Å². The monoisotopic (exact) mass is 365 g/mol. The van der Waals surface area contributed by atoms with E-state index in [1.54, 1.807) is 24.2 Å². The van der Waals surface area contributed by atoms with Gasteiger partial charge in [0.1, 0.15) is 0 Å². The molecule has 3 heterocycles. The number of β-amino-alcohol motifs (C(OH)–C–C–N with tert-alkyl or cyclic N) is 1. The van der Waals surface area contributed by atoms with Gasteiger partial charge < -0.3 is 14.4 Å². The lowest BCUT2D eigenvalue weighted by molar-refractivity contribution is 0.00578. The summed E-state index contributed by atoms with van der Waals surface area (Å²) in [6.45, 7) is 10.2. The highest BCUT2D eigenvalue weighted by atomic mass is 32.2. The molecule has 0 aromatic carbocycles. The van der Waals surface area contributed by atoms with Gasteiger partial charge in [0.05, 0.1) is 17.8 Å². The molecular weight excluding hydrogens is 337 g/mol. The molecule has 0 unspecified atom stereocenters. The van der Waals surface area contributed by atoms with E-state index in [0.717, 1.165) is 29.5 Å². The van der Waals surface area contributed by atoms with Crippen molar-refractivity contribution in [3.63, 3.8) is 0 Å². The van der Waals surface area contributed by atoms with Crippen molar-refractivity contribution in [3.8, 4) is 0 Å². The van der Waals surface area contributed by atoms with E-state index in [1.165, 1.54) is 12.8 Å². The number of aliphatic hydroxyl groups excluding tert-OH is 1. The van der Waals surface area contributed by atoms with Gasteiger partial charge in [-0.05, 0) is 47.1 Å². The summed E-state index contributed by atoms with van der Waals surface area (Å²) >= 11 is 1.67. The van der Waals surface area contributed by atoms with Crippen LogP contribution >= 0.6 is 11.8 Å². The minimum Gasteiger partial charge on any atom is -0.399 e. The van der Waals surface area contributed by atoms with E-state index in [4.69, 9.17) is 14.4 Å². The average Bonchev–Trinajstić information content (AvgIpc) is 3.08. The van der Waals surface area contributed by atoms with Crippen molar-refractivity contribution in [2.24, 2.45) is 0 Å². The first-order valence-corrected chi connectivity index (χ1v) is 9.96. The number of aliphatic hydroxyl groups is 1. The fourth-order valence-corrected chi connectivity index (χ4v) is 4.15.